The highest BCUT2D eigenvalue weighted by Gasteiger charge is 2.55. The molecule has 3 rings (SSSR count). The Balaban J connectivity index is 1.95. The number of amides is 4. The lowest BCUT2D eigenvalue weighted by molar-refractivity contribution is -1.13. The maximum atomic E-state index is 13.7. The topological polar surface area (TPSA) is 208 Å². The first-order chi connectivity index (χ1) is 24.9. The van der Waals surface area contributed by atoms with Gasteiger partial charge in [-0.25, -0.2) is 4.59 Å². The fourth-order valence-corrected chi connectivity index (χ4v) is 7.83. The Bertz CT molecular complexity index is 1130. The maximum absolute atomic E-state index is 13.7. The molecular formula is C37H69N7O8+2. The zero-order valence-electron chi connectivity index (χ0n) is 32.0. The lowest BCUT2D eigenvalue weighted by Crippen LogP contribution is -2.81. The van der Waals surface area contributed by atoms with Crippen molar-refractivity contribution in [2.24, 2.45) is 5.73 Å². The number of quaternary nitrogens is 2. The molecule has 0 aliphatic carbocycles. The van der Waals surface area contributed by atoms with Gasteiger partial charge in [-0.1, -0.05) is 71.1 Å². The first-order valence-corrected chi connectivity index (χ1v) is 19.9. The van der Waals surface area contributed by atoms with Gasteiger partial charge in [-0.15, -0.1) is 0 Å². The van der Waals surface area contributed by atoms with Gasteiger partial charge in [0.2, 0.25) is 17.7 Å². The SMILES string of the molecule is CCCCCCCCCCCCCC[N+]12CC[N+](N(C(C)=O)[C@@H](CCC(=O)O)C(=O)NCC(=O)N[C@@H](CCCCN)C(=O)NCC(=O)O)(CC1)CC2. The summed E-state index contributed by atoms with van der Waals surface area (Å²) >= 11 is 0. The molecule has 3 aliphatic rings. The van der Waals surface area contributed by atoms with E-state index >= 15 is 0 Å². The van der Waals surface area contributed by atoms with Crippen molar-refractivity contribution in [1.29, 1.82) is 0 Å². The van der Waals surface area contributed by atoms with Crippen LogP contribution in [0.15, 0.2) is 0 Å². The van der Waals surface area contributed by atoms with Crippen molar-refractivity contribution in [3.63, 3.8) is 0 Å². The monoisotopic (exact) mass is 740 g/mol. The number of carbonyl (C=O) groups excluding carboxylic acids is 4. The fourth-order valence-electron chi connectivity index (χ4n) is 7.83. The Morgan fingerprint density at radius 3 is 1.71 bits per heavy atom. The Hall–Kier alpha value is -3.30. The third-order valence-electron chi connectivity index (χ3n) is 10.9. The molecule has 0 saturated carbocycles. The first kappa shape index (κ1) is 44.9. The van der Waals surface area contributed by atoms with E-state index in [1.807, 2.05) is 0 Å². The number of carboxylic acid groups (broad SMARTS) is 2. The van der Waals surface area contributed by atoms with E-state index in [4.69, 9.17) is 10.8 Å². The van der Waals surface area contributed by atoms with E-state index in [1.165, 1.54) is 84.0 Å². The first-order valence-electron chi connectivity index (χ1n) is 19.9. The highest BCUT2D eigenvalue weighted by atomic mass is 16.4. The normalized spacial score (nSPS) is 20.4. The standard InChI is InChI=1S/C37H67N7O8/c1-3-4-5-6-7-8-9-10-11-12-13-16-21-43-22-25-44(26-23-43,27-24-43)42(30(2)45)32(18-19-34(47)48)37(52)39-28-33(46)41-31(17-14-15-20-38)36(51)40-29-35(49)50/h31-32H,3-29,38H2,1-2H3,(H3-2,39,40,41,46,47,48,49,50,51,52)/p+2/t31-,32-,43?,44?/m0/s1. The highest BCUT2D eigenvalue weighted by Crippen LogP contribution is 2.32. The van der Waals surface area contributed by atoms with E-state index in [-0.39, 0.29) is 25.2 Å². The van der Waals surface area contributed by atoms with Gasteiger partial charge in [-0.3, -0.25) is 28.8 Å². The van der Waals surface area contributed by atoms with E-state index in [2.05, 4.69) is 22.9 Å². The van der Waals surface area contributed by atoms with E-state index in [9.17, 15) is 33.9 Å². The number of nitrogens with two attached hydrogens (primary N) is 1. The van der Waals surface area contributed by atoms with Crippen molar-refractivity contribution < 1.29 is 48.1 Å². The van der Waals surface area contributed by atoms with Gasteiger partial charge in [0.15, 0.2) is 25.7 Å². The van der Waals surface area contributed by atoms with Gasteiger partial charge in [-0.2, -0.15) is 5.01 Å². The highest BCUT2D eigenvalue weighted by molar-refractivity contribution is 5.93. The summed E-state index contributed by atoms with van der Waals surface area (Å²) in [6.07, 6.45) is 16.6. The summed E-state index contributed by atoms with van der Waals surface area (Å²) in [6.45, 7) is 8.69. The van der Waals surface area contributed by atoms with Gasteiger partial charge in [0.05, 0.1) is 13.1 Å². The molecule has 15 nitrogen and oxygen atoms in total. The molecule has 3 saturated heterocycles. The molecule has 0 radical (unpaired) electrons. The molecular weight excluding hydrogens is 670 g/mol. The minimum absolute atomic E-state index is 0.111. The maximum Gasteiger partial charge on any atom is 0.322 e. The second-order valence-electron chi connectivity index (χ2n) is 14.9. The van der Waals surface area contributed by atoms with E-state index < -0.39 is 54.8 Å². The Labute approximate surface area is 310 Å². The van der Waals surface area contributed by atoms with Crippen LogP contribution in [0.3, 0.4) is 0 Å². The van der Waals surface area contributed by atoms with Crippen LogP contribution in [0.2, 0.25) is 0 Å². The van der Waals surface area contributed by atoms with Gasteiger partial charge < -0.3 is 36.4 Å². The smallest absolute Gasteiger partial charge is 0.322 e. The molecule has 298 valence electrons. The molecule has 0 aromatic heterocycles. The molecule has 3 aliphatic heterocycles. The molecule has 0 aromatic carbocycles. The van der Waals surface area contributed by atoms with Crippen LogP contribution in [0.25, 0.3) is 0 Å². The van der Waals surface area contributed by atoms with E-state index in [0.717, 1.165) is 30.7 Å². The molecule has 15 heteroatoms. The Kier molecular flexibility index (Phi) is 20.8. The molecule has 2 bridgehead atoms. The van der Waals surface area contributed by atoms with Gasteiger partial charge in [0.25, 0.3) is 5.91 Å². The third-order valence-corrected chi connectivity index (χ3v) is 10.9. The van der Waals surface area contributed by atoms with Crippen molar-refractivity contribution >= 4 is 35.6 Å². The van der Waals surface area contributed by atoms with Gasteiger partial charge >= 0.3 is 11.9 Å². The Morgan fingerprint density at radius 1 is 0.673 bits per heavy atom. The fraction of sp³-hybridized carbons (Fsp3) is 0.838. The number of nitrogens with one attached hydrogen (secondary N) is 3. The number of aliphatic carboxylic acids is 2. The number of piperazine rings is 3. The summed E-state index contributed by atoms with van der Waals surface area (Å²) in [6, 6.07) is -2.13. The zero-order valence-corrected chi connectivity index (χ0v) is 32.0. The summed E-state index contributed by atoms with van der Waals surface area (Å²) in [5.41, 5.74) is 5.55. The average molecular weight is 740 g/mol. The van der Waals surface area contributed by atoms with Crippen molar-refractivity contribution in [2.75, 3.05) is 65.4 Å². The average Bonchev–Trinajstić information content (AvgIpc) is 3.11. The van der Waals surface area contributed by atoms with E-state index in [0.29, 0.717) is 43.6 Å². The number of fused-ring (bicyclic) bond motifs is 3. The second-order valence-corrected chi connectivity index (χ2v) is 14.9. The van der Waals surface area contributed by atoms with Crippen LogP contribution in [0.1, 0.15) is 123 Å². The van der Waals surface area contributed by atoms with Crippen molar-refractivity contribution in [3.8, 4) is 0 Å². The number of nitrogens with zero attached hydrogens (tertiary/aromatic N) is 3. The summed E-state index contributed by atoms with van der Waals surface area (Å²) in [7, 11) is 0. The van der Waals surface area contributed by atoms with Crippen LogP contribution in [0, 0.1) is 0 Å². The summed E-state index contributed by atoms with van der Waals surface area (Å²) in [5, 5.41) is 27.3. The molecule has 0 spiro atoms. The molecule has 52 heavy (non-hydrogen) atoms. The molecule has 3 heterocycles. The Morgan fingerprint density at radius 2 is 1.21 bits per heavy atom. The number of unbranched alkanes of at least 4 members (excludes halogenated alkanes) is 12. The number of carbonyl (C=O) groups is 6. The third kappa shape index (κ3) is 15.7. The summed E-state index contributed by atoms with van der Waals surface area (Å²) < 4.78 is 1.31. The summed E-state index contributed by atoms with van der Waals surface area (Å²) in [5.74, 6) is -4.63. The predicted molar refractivity (Wildman–Crippen MR) is 197 cm³/mol. The van der Waals surface area contributed by atoms with Crippen LogP contribution >= 0.6 is 0 Å². The van der Waals surface area contributed by atoms with Crippen molar-refractivity contribution in [1.82, 2.24) is 21.0 Å². The number of carboxylic acids is 2. The summed E-state index contributed by atoms with van der Waals surface area (Å²) in [4.78, 5) is 74.9. The zero-order chi connectivity index (χ0) is 38.4. The van der Waals surface area contributed by atoms with Gasteiger partial charge in [0.1, 0.15) is 32.2 Å². The second kappa shape index (κ2) is 24.1. The van der Waals surface area contributed by atoms with Crippen LogP contribution in [0.5, 0.6) is 0 Å². The number of rotatable bonds is 29. The van der Waals surface area contributed by atoms with Crippen molar-refractivity contribution in [2.45, 2.75) is 135 Å². The molecule has 2 atom stereocenters. The number of hydrogen-bond donors (Lipinski definition) is 6. The lowest BCUT2D eigenvalue weighted by atomic mass is 10.0. The van der Waals surface area contributed by atoms with Crippen LogP contribution < -0.4 is 21.7 Å². The quantitative estimate of drug-likeness (QED) is 0.0491. The molecule has 3 fully saturated rings. The predicted octanol–water partition coefficient (Wildman–Crippen LogP) is 2.28. The molecule has 0 unspecified atom stereocenters. The van der Waals surface area contributed by atoms with Crippen molar-refractivity contribution in [3.05, 3.63) is 0 Å². The van der Waals surface area contributed by atoms with E-state index in [1.54, 1.807) is 5.01 Å². The minimum Gasteiger partial charge on any atom is -0.481 e. The molecule has 0 aromatic rings. The number of hydrogen-bond acceptors (Lipinski definition) is 7. The largest absolute Gasteiger partial charge is 0.481 e. The van der Waals surface area contributed by atoms with Gasteiger partial charge in [0, 0.05) is 13.3 Å². The van der Waals surface area contributed by atoms with Gasteiger partial charge in [-0.05, 0) is 45.1 Å². The lowest BCUT2D eigenvalue weighted by Gasteiger charge is -2.58. The minimum atomic E-state index is -1.23. The van der Waals surface area contributed by atoms with Crippen LogP contribution in [0.4, 0.5) is 0 Å². The molecule has 4 amide bonds. The van der Waals surface area contributed by atoms with Crippen LogP contribution in [-0.2, 0) is 28.8 Å². The molecule has 7 N–H and O–H groups in total. The van der Waals surface area contributed by atoms with Crippen LogP contribution in [-0.4, -0.2) is 137 Å².